The molecule has 0 radical (unpaired) electrons. The molecule has 5 nitrogen and oxygen atoms in total. The van der Waals surface area contributed by atoms with Gasteiger partial charge in [0.2, 0.25) is 10.0 Å². The van der Waals surface area contributed by atoms with Crippen molar-refractivity contribution in [2.75, 3.05) is 45.6 Å². The van der Waals surface area contributed by atoms with Crippen molar-refractivity contribution in [1.29, 1.82) is 0 Å². The van der Waals surface area contributed by atoms with Crippen LogP contribution in [-0.2, 0) is 10.0 Å². The second kappa shape index (κ2) is 6.77. The molecule has 0 amide bonds. The highest BCUT2D eigenvalue weighted by molar-refractivity contribution is 7.89. The molecule has 1 heterocycles. The van der Waals surface area contributed by atoms with Gasteiger partial charge in [-0.2, -0.15) is 0 Å². The third kappa shape index (κ3) is 3.96. The van der Waals surface area contributed by atoms with Crippen LogP contribution in [0.5, 0.6) is 0 Å². The van der Waals surface area contributed by atoms with Gasteiger partial charge in [0.15, 0.2) is 0 Å². The normalized spacial score (nSPS) is 20.1. The minimum Gasteiger partial charge on any atom is -0.385 e. The summed E-state index contributed by atoms with van der Waals surface area (Å²) in [6, 6.07) is 6.99. The molecule has 0 spiro atoms. The van der Waals surface area contributed by atoms with E-state index in [0.717, 1.165) is 25.3 Å². The summed E-state index contributed by atoms with van der Waals surface area (Å²) in [7, 11) is -0.251. The summed E-state index contributed by atoms with van der Waals surface area (Å²) in [5, 5.41) is 3.40. The molecule has 1 N–H and O–H groups in total. The van der Waals surface area contributed by atoms with Crippen molar-refractivity contribution in [3.8, 4) is 0 Å². The number of nitrogens with zero attached hydrogens (tertiary/aromatic N) is 2. The molecule has 1 atom stereocenters. The van der Waals surface area contributed by atoms with Crippen LogP contribution in [0.3, 0.4) is 0 Å². The summed E-state index contributed by atoms with van der Waals surface area (Å²) in [5.41, 5.74) is 0.975. The molecule has 1 unspecified atom stereocenters. The first-order chi connectivity index (χ1) is 9.93. The lowest BCUT2D eigenvalue weighted by atomic mass is 10.1. The largest absolute Gasteiger partial charge is 0.385 e. The van der Waals surface area contributed by atoms with E-state index in [-0.39, 0.29) is 0 Å². The number of nitrogens with one attached hydrogen (secondary N) is 1. The number of likely N-dealkylation sites (tertiary alicyclic amines) is 1. The third-order valence-corrected chi connectivity index (χ3v) is 5.87. The standard InChI is InChI=1S/C15H25N3O2S/c1-4-18-10-9-13(12-18)11-16-14-5-7-15(8-6-14)21(19,20)17(2)3/h5-8,13,16H,4,9-12H2,1-3H3. The predicted molar refractivity (Wildman–Crippen MR) is 86.0 cm³/mol. The highest BCUT2D eigenvalue weighted by atomic mass is 32.2. The topological polar surface area (TPSA) is 52.7 Å². The Hall–Kier alpha value is -1.11. The Morgan fingerprint density at radius 2 is 1.95 bits per heavy atom. The van der Waals surface area contributed by atoms with Crippen molar-refractivity contribution in [3.63, 3.8) is 0 Å². The molecular formula is C15H25N3O2S. The SMILES string of the molecule is CCN1CCC(CNc2ccc(S(=O)(=O)N(C)C)cc2)C1. The molecule has 2 rings (SSSR count). The van der Waals surface area contributed by atoms with E-state index in [1.165, 1.54) is 17.3 Å². The molecule has 1 aliphatic heterocycles. The average Bonchev–Trinajstić information content (AvgIpc) is 2.93. The van der Waals surface area contributed by atoms with E-state index in [1.54, 1.807) is 26.2 Å². The molecule has 6 heteroatoms. The summed E-state index contributed by atoms with van der Waals surface area (Å²) in [4.78, 5) is 2.79. The molecule has 1 aromatic rings. The van der Waals surface area contributed by atoms with Gasteiger partial charge in [0.1, 0.15) is 0 Å². The summed E-state index contributed by atoms with van der Waals surface area (Å²) < 4.78 is 25.2. The van der Waals surface area contributed by atoms with Crippen molar-refractivity contribution in [3.05, 3.63) is 24.3 Å². The van der Waals surface area contributed by atoms with Crippen LogP contribution in [0.1, 0.15) is 13.3 Å². The molecule has 1 fully saturated rings. The van der Waals surface area contributed by atoms with Gasteiger partial charge >= 0.3 is 0 Å². The summed E-state index contributed by atoms with van der Waals surface area (Å²) in [6.45, 7) is 6.59. The van der Waals surface area contributed by atoms with E-state index in [4.69, 9.17) is 0 Å². The summed E-state index contributed by atoms with van der Waals surface area (Å²) in [5.74, 6) is 0.676. The number of sulfonamides is 1. The molecule has 0 saturated carbocycles. The second-order valence-corrected chi connectivity index (χ2v) is 7.89. The molecule has 0 aromatic heterocycles. The number of hydrogen-bond acceptors (Lipinski definition) is 4. The Morgan fingerprint density at radius 1 is 1.29 bits per heavy atom. The molecule has 118 valence electrons. The van der Waals surface area contributed by atoms with Gasteiger partial charge in [-0.25, -0.2) is 12.7 Å². The zero-order chi connectivity index (χ0) is 15.5. The van der Waals surface area contributed by atoms with Gasteiger partial charge < -0.3 is 10.2 Å². The monoisotopic (exact) mass is 311 g/mol. The second-order valence-electron chi connectivity index (χ2n) is 5.74. The maximum absolute atomic E-state index is 12.0. The molecule has 21 heavy (non-hydrogen) atoms. The van der Waals surface area contributed by atoms with Crippen LogP contribution in [0.25, 0.3) is 0 Å². The van der Waals surface area contributed by atoms with Crippen LogP contribution in [0.4, 0.5) is 5.69 Å². The first-order valence-corrected chi connectivity index (χ1v) is 8.86. The first-order valence-electron chi connectivity index (χ1n) is 7.42. The number of anilines is 1. The van der Waals surface area contributed by atoms with Crippen LogP contribution in [-0.4, -0.2) is 57.9 Å². The van der Waals surface area contributed by atoms with Gasteiger partial charge in [-0.05, 0) is 49.7 Å². The predicted octanol–water partition coefficient (Wildman–Crippen LogP) is 1.69. The van der Waals surface area contributed by atoms with Gasteiger partial charge in [0, 0.05) is 32.9 Å². The van der Waals surface area contributed by atoms with E-state index < -0.39 is 10.0 Å². The number of benzene rings is 1. The average molecular weight is 311 g/mol. The molecule has 1 saturated heterocycles. The smallest absolute Gasteiger partial charge is 0.242 e. The van der Waals surface area contributed by atoms with Crippen molar-refractivity contribution in [2.24, 2.45) is 5.92 Å². The quantitative estimate of drug-likeness (QED) is 0.869. The van der Waals surface area contributed by atoms with Gasteiger partial charge in [-0.3, -0.25) is 0 Å². The first kappa shape index (κ1) is 16.3. The van der Waals surface area contributed by atoms with Crippen LogP contribution in [0.2, 0.25) is 0 Å². The van der Waals surface area contributed by atoms with Gasteiger partial charge in [0.25, 0.3) is 0 Å². The van der Waals surface area contributed by atoms with Gasteiger partial charge in [-0.15, -0.1) is 0 Å². The fraction of sp³-hybridized carbons (Fsp3) is 0.600. The number of hydrogen-bond donors (Lipinski definition) is 1. The van der Waals surface area contributed by atoms with Crippen LogP contribution >= 0.6 is 0 Å². The highest BCUT2D eigenvalue weighted by Crippen LogP contribution is 2.19. The molecular weight excluding hydrogens is 286 g/mol. The zero-order valence-electron chi connectivity index (χ0n) is 13.0. The van der Waals surface area contributed by atoms with Crippen LogP contribution in [0, 0.1) is 5.92 Å². The summed E-state index contributed by atoms with van der Waals surface area (Å²) in [6.07, 6.45) is 1.23. The Kier molecular flexibility index (Phi) is 5.24. The van der Waals surface area contributed by atoms with Crippen molar-refractivity contribution in [2.45, 2.75) is 18.2 Å². The summed E-state index contributed by atoms with van der Waals surface area (Å²) >= 11 is 0. The van der Waals surface area contributed by atoms with E-state index in [0.29, 0.717) is 10.8 Å². The van der Waals surface area contributed by atoms with Gasteiger partial charge in [0.05, 0.1) is 4.90 Å². The maximum atomic E-state index is 12.0. The Bertz CT molecular complexity index is 555. The van der Waals surface area contributed by atoms with Crippen LogP contribution in [0.15, 0.2) is 29.2 Å². The lowest BCUT2D eigenvalue weighted by Crippen LogP contribution is -2.23. The minimum absolute atomic E-state index is 0.330. The van der Waals surface area contributed by atoms with Crippen molar-refractivity contribution in [1.82, 2.24) is 9.21 Å². The molecule has 0 aliphatic carbocycles. The Labute approximate surface area is 128 Å². The fourth-order valence-corrected chi connectivity index (χ4v) is 3.49. The van der Waals surface area contributed by atoms with Gasteiger partial charge in [-0.1, -0.05) is 6.92 Å². The number of rotatable bonds is 6. The zero-order valence-corrected chi connectivity index (χ0v) is 13.9. The van der Waals surface area contributed by atoms with Crippen molar-refractivity contribution < 1.29 is 8.42 Å². The van der Waals surface area contributed by atoms with E-state index in [9.17, 15) is 8.42 Å². The van der Waals surface area contributed by atoms with E-state index >= 15 is 0 Å². The lowest BCUT2D eigenvalue weighted by molar-refractivity contribution is 0.345. The minimum atomic E-state index is -3.34. The fourth-order valence-electron chi connectivity index (χ4n) is 2.58. The van der Waals surface area contributed by atoms with Crippen LogP contribution < -0.4 is 5.32 Å². The maximum Gasteiger partial charge on any atom is 0.242 e. The third-order valence-electron chi connectivity index (χ3n) is 4.04. The Balaban J connectivity index is 1.92. The van der Waals surface area contributed by atoms with E-state index in [1.807, 2.05) is 12.1 Å². The van der Waals surface area contributed by atoms with Crippen molar-refractivity contribution >= 4 is 15.7 Å². The molecule has 1 aliphatic rings. The molecule has 0 bridgehead atoms. The Morgan fingerprint density at radius 3 is 2.48 bits per heavy atom. The molecule has 1 aromatic carbocycles. The van der Waals surface area contributed by atoms with E-state index in [2.05, 4.69) is 17.1 Å². The lowest BCUT2D eigenvalue weighted by Gasteiger charge is -2.15. The highest BCUT2D eigenvalue weighted by Gasteiger charge is 2.21.